The smallest absolute Gasteiger partial charge is 0.339 e. The van der Waals surface area contributed by atoms with Gasteiger partial charge >= 0.3 is 5.97 Å². The van der Waals surface area contributed by atoms with E-state index >= 15 is 0 Å². The van der Waals surface area contributed by atoms with E-state index in [1.165, 1.54) is 23.6 Å². The molecule has 3 rings (SSSR count). The molecule has 1 amide bonds. The topological polar surface area (TPSA) is 95.1 Å². The number of nitrogens with one attached hydrogen (secondary N) is 2. The predicted molar refractivity (Wildman–Crippen MR) is 69.8 cm³/mol. The highest BCUT2D eigenvalue weighted by molar-refractivity contribution is 7.17. The fourth-order valence-electron chi connectivity index (χ4n) is 2.27. The molecule has 98 valence electrons. The van der Waals surface area contributed by atoms with Crippen molar-refractivity contribution >= 4 is 28.2 Å². The Labute approximate surface area is 112 Å². The zero-order chi connectivity index (χ0) is 13.4. The largest absolute Gasteiger partial charge is 0.478 e. The molecule has 0 saturated heterocycles. The van der Waals surface area contributed by atoms with Crippen molar-refractivity contribution in [2.45, 2.75) is 19.3 Å². The van der Waals surface area contributed by atoms with Crippen LogP contribution in [0.5, 0.6) is 0 Å². The fraction of sp³-hybridized carbons (Fsp3) is 0.250. The molecule has 1 aliphatic carbocycles. The molecule has 0 radical (unpaired) electrons. The van der Waals surface area contributed by atoms with Crippen LogP contribution in [0.25, 0.3) is 0 Å². The number of fused-ring (bicyclic) bond motifs is 1. The van der Waals surface area contributed by atoms with Gasteiger partial charge in [0, 0.05) is 11.1 Å². The first kappa shape index (κ1) is 11.9. The Morgan fingerprint density at radius 3 is 2.95 bits per heavy atom. The lowest BCUT2D eigenvalue weighted by Crippen LogP contribution is -2.14. The predicted octanol–water partition coefficient (Wildman–Crippen LogP) is 1.91. The standard InChI is InChI=1S/C12H11N3O3S/c16-10(7-4-5-13-15-7)14-11-9(12(17)18)6-2-1-3-8(6)19-11/h4-5H,1-3H2,(H,13,15)(H,14,16)(H,17,18). The van der Waals surface area contributed by atoms with Gasteiger partial charge < -0.3 is 10.4 Å². The van der Waals surface area contributed by atoms with Crippen LogP contribution < -0.4 is 5.32 Å². The number of aryl methyl sites for hydroxylation is 1. The lowest BCUT2D eigenvalue weighted by molar-refractivity contribution is 0.0697. The van der Waals surface area contributed by atoms with Crippen molar-refractivity contribution in [3.63, 3.8) is 0 Å². The number of aromatic amines is 1. The van der Waals surface area contributed by atoms with E-state index in [1.807, 2.05) is 0 Å². The van der Waals surface area contributed by atoms with Crippen LogP contribution in [-0.2, 0) is 12.8 Å². The highest BCUT2D eigenvalue weighted by Crippen LogP contribution is 2.39. The average molecular weight is 277 g/mol. The van der Waals surface area contributed by atoms with Gasteiger partial charge in [-0.15, -0.1) is 11.3 Å². The third kappa shape index (κ3) is 2.01. The second-order valence-corrected chi connectivity index (χ2v) is 5.40. The molecule has 3 N–H and O–H groups in total. The number of carboxylic acids is 1. The summed E-state index contributed by atoms with van der Waals surface area (Å²) in [6.07, 6.45) is 4.12. The monoisotopic (exact) mass is 277 g/mol. The van der Waals surface area contributed by atoms with E-state index in [4.69, 9.17) is 0 Å². The highest BCUT2D eigenvalue weighted by atomic mass is 32.1. The van der Waals surface area contributed by atoms with Crippen molar-refractivity contribution in [3.05, 3.63) is 34.0 Å². The molecule has 2 heterocycles. The van der Waals surface area contributed by atoms with Crippen LogP contribution in [0.1, 0.15) is 37.7 Å². The quantitative estimate of drug-likeness (QED) is 0.798. The molecule has 2 aromatic rings. The summed E-state index contributed by atoms with van der Waals surface area (Å²) in [6.45, 7) is 0. The Morgan fingerprint density at radius 1 is 1.42 bits per heavy atom. The number of amides is 1. The zero-order valence-corrected chi connectivity index (χ0v) is 10.7. The van der Waals surface area contributed by atoms with Crippen LogP contribution >= 0.6 is 11.3 Å². The highest BCUT2D eigenvalue weighted by Gasteiger charge is 2.27. The van der Waals surface area contributed by atoms with Crippen molar-refractivity contribution in [3.8, 4) is 0 Å². The molecule has 2 aromatic heterocycles. The number of nitrogens with zero attached hydrogens (tertiary/aromatic N) is 1. The van der Waals surface area contributed by atoms with Gasteiger partial charge in [-0.2, -0.15) is 5.10 Å². The number of thiophene rings is 1. The molecule has 0 saturated carbocycles. The van der Waals surface area contributed by atoms with Gasteiger partial charge in [-0.3, -0.25) is 9.89 Å². The summed E-state index contributed by atoms with van der Waals surface area (Å²) in [5.74, 6) is -1.36. The molecule has 0 aromatic carbocycles. The Morgan fingerprint density at radius 2 is 2.26 bits per heavy atom. The number of carbonyl (C=O) groups is 2. The fourth-order valence-corrected chi connectivity index (χ4v) is 3.55. The number of carboxylic acid groups (broad SMARTS) is 1. The van der Waals surface area contributed by atoms with Gasteiger partial charge in [-0.05, 0) is 30.9 Å². The number of hydrogen-bond acceptors (Lipinski definition) is 4. The molecule has 19 heavy (non-hydrogen) atoms. The second-order valence-electron chi connectivity index (χ2n) is 4.29. The normalized spacial score (nSPS) is 13.3. The molecule has 0 aliphatic heterocycles. The maximum absolute atomic E-state index is 11.9. The van der Waals surface area contributed by atoms with E-state index in [-0.39, 0.29) is 11.5 Å². The number of carbonyl (C=O) groups excluding carboxylic acids is 1. The molecular weight excluding hydrogens is 266 g/mol. The van der Waals surface area contributed by atoms with Crippen molar-refractivity contribution in [1.29, 1.82) is 0 Å². The van der Waals surface area contributed by atoms with Crippen molar-refractivity contribution in [2.24, 2.45) is 0 Å². The third-order valence-corrected chi connectivity index (χ3v) is 4.31. The lowest BCUT2D eigenvalue weighted by Gasteiger charge is -2.03. The summed E-state index contributed by atoms with van der Waals surface area (Å²) in [5.41, 5.74) is 1.42. The maximum atomic E-state index is 11.9. The first-order chi connectivity index (χ1) is 9.16. The van der Waals surface area contributed by atoms with E-state index < -0.39 is 5.97 Å². The zero-order valence-electron chi connectivity index (χ0n) is 9.90. The first-order valence-corrected chi connectivity index (χ1v) is 6.67. The van der Waals surface area contributed by atoms with Gasteiger partial charge in [0.25, 0.3) is 5.91 Å². The van der Waals surface area contributed by atoms with Crippen molar-refractivity contribution in [2.75, 3.05) is 5.32 Å². The molecule has 0 unspecified atom stereocenters. The number of hydrogen-bond donors (Lipinski definition) is 3. The minimum Gasteiger partial charge on any atom is -0.478 e. The van der Waals surface area contributed by atoms with Gasteiger partial charge in [0.2, 0.25) is 0 Å². The number of rotatable bonds is 3. The Balaban J connectivity index is 1.93. The van der Waals surface area contributed by atoms with E-state index in [2.05, 4.69) is 15.5 Å². The third-order valence-electron chi connectivity index (χ3n) is 3.11. The van der Waals surface area contributed by atoms with Crippen LogP contribution in [-0.4, -0.2) is 27.2 Å². The van der Waals surface area contributed by atoms with Gasteiger partial charge in [-0.1, -0.05) is 0 Å². The van der Waals surface area contributed by atoms with E-state index in [9.17, 15) is 14.7 Å². The van der Waals surface area contributed by atoms with Crippen molar-refractivity contribution < 1.29 is 14.7 Å². The van der Waals surface area contributed by atoms with Gasteiger partial charge in [0.1, 0.15) is 10.7 Å². The van der Waals surface area contributed by atoms with E-state index in [0.29, 0.717) is 10.7 Å². The maximum Gasteiger partial charge on any atom is 0.339 e. The van der Waals surface area contributed by atoms with Gasteiger partial charge in [0.05, 0.1) is 5.56 Å². The van der Waals surface area contributed by atoms with E-state index in [1.54, 1.807) is 0 Å². The Kier molecular flexibility index (Phi) is 2.83. The molecule has 0 fully saturated rings. The van der Waals surface area contributed by atoms with Crippen LogP contribution in [0.3, 0.4) is 0 Å². The summed E-state index contributed by atoms with van der Waals surface area (Å²) < 4.78 is 0. The number of aromatic nitrogens is 2. The van der Waals surface area contributed by atoms with Crippen molar-refractivity contribution in [1.82, 2.24) is 10.2 Å². The minimum absolute atomic E-state index is 0.241. The molecule has 0 spiro atoms. The summed E-state index contributed by atoms with van der Waals surface area (Å²) in [4.78, 5) is 24.3. The minimum atomic E-state index is -0.987. The first-order valence-electron chi connectivity index (χ1n) is 5.85. The number of H-pyrrole nitrogens is 1. The molecule has 0 atom stereocenters. The molecule has 0 bridgehead atoms. The van der Waals surface area contributed by atoms with E-state index in [0.717, 1.165) is 29.7 Å². The number of aromatic carboxylic acids is 1. The van der Waals surface area contributed by atoms with Gasteiger partial charge in [0.15, 0.2) is 0 Å². The average Bonchev–Trinajstić information content (AvgIpc) is 3.03. The van der Waals surface area contributed by atoms with Crippen LogP contribution in [0.2, 0.25) is 0 Å². The molecule has 7 heteroatoms. The number of anilines is 1. The summed E-state index contributed by atoms with van der Waals surface area (Å²) in [7, 11) is 0. The van der Waals surface area contributed by atoms with Crippen LogP contribution in [0.4, 0.5) is 5.00 Å². The second kappa shape index (κ2) is 4.51. The van der Waals surface area contributed by atoms with Crippen LogP contribution in [0.15, 0.2) is 12.3 Å². The SMILES string of the molecule is O=C(Nc1sc2c(c1C(=O)O)CCC2)c1ccn[nH]1. The summed E-state index contributed by atoms with van der Waals surface area (Å²) >= 11 is 1.36. The summed E-state index contributed by atoms with van der Waals surface area (Å²) in [6, 6.07) is 1.54. The Hall–Kier alpha value is -2.15. The Bertz CT molecular complexity index is 645. The molecule has 6 nitrogen and oxygen atoms in total. The van der Waals surface area contributed by atoms with Crippen LogP contribution in [0, 0.1) is 0 Å². The summed E-state index contributed by atoms with van der Waals surface area (Å²) in [5, 5.41) is 18.6. The molecule has 1 aliphatic rings. The lowest BCUT2D eigenvalue weighted by atomic mass is 10.1. The van der Waals surface area contributed by atoms with Gasteiger partial charge in [-0.25, -0.2) is 4.79 Å². The molecular formula is C12H11N3O3S.